The van der Waals surface area contributed by atoms with Gasteiger partial charge in [-0.05, 0) is 44.0 Å². The highest BCUT2D eigenvalue weighted by Crippen LogP contribution is 2.25. The van der Waals surface area contributed by atoms with Gasteiger partial charge in [0, 0.05) is 19.1 Å². The van der Waals surface area contributed by atoms with E-state index < -0.39 is 0 Å². The molecule has 0 amide bonds. The molecule has 4 nitrogen and oxygen atoms in total. The van der Waals surface area contributed by atoms with Gasteiger partial charge in [0.05, 0.1) is 11.0 Å². The highest BCUT2D eigenvalue weighted by molar-refractivity contribution is 5.76. The molecule has 1 fully saturated rings. The fraction of sp³-hybridized carbons (Fsp3) is 0.533. The number of imidazole rings is 1. The number of piperidine rings is 1. The van der Waals surface area contributed by atoms with Crippen LogP contribution in [0.2, 0.25) is 0 Å². The summed E-state index contributed by atoms with van der Waals surface area (Å²) in [5.74, 6) is 0. The van der Waals surface area contributed by atoms with Crippen molar-refractivity contribution in [2.45, 2.75) is 32.7 Å². The van der Waals surface area contributed by atoms with E-state index in [0.29, 0.717) is 6.04 Å². The Hall–Kier alpha value is -1.55. The van der Waals surface area contributed by atoms with E-state index in [2.05, 4.69) is 29.8 Å². The second-order valence-electron chi connectivity index (χ2n) is 5.49. The predicted molar refractivity (Wildman–Crippen MR) is 77.7 cm³/mol. The lowest BCUT2D eigenvalue weighted by atomic mass is 10.0. The van der Waals surface area contributed by atoms with Crippen molar-refractivity contribution in [1.82, 2.24) is 14.5 Å². The van der Waals surface area contributed by atoms with E-state index in [4.69, 9.17) is 0 Å². The molecule has 1 aliphatic rings. The van der Waals surface area contributed by atoms with Gasteiger partial charge in [0.15, 0.2) is 0 Å². The lowest BCUT2D eigenvalue weighted by Crippen LogP contribution is -2.36. The normalized spacial score (nSPS) is 18.2. The van der Waals surface area contributed by atoms with Crippen molar-refractivity contribution in [3.63, 3.8) is 0 Å². The SMILES string of the molecule is CCN1CCC(n2c(=O)[nH]c3ccc(C)cc32)CC1. The number of hydrogen-bond acceptors (Lipinski definition) is 2. The van der Waals surface area contributed by atoms with Gasteiger partial charge in [-0.3, -0.25) is 4.57 Å². The number of nitrogens with zero attached hydrogens (tertiary/aromatic N) is 2. The molecule has 1 aromatic heterocycles. The molecular formula is C15H21N3O. The van der Waals surface area contributed by atoms with E-state index in [1.807, 2.05) is 16.7 Å². The van der Waals surface area contributed by atoms with Gasteiger partial charge in [-0.15, -0.1) is 0 Å². The van der Waals surface area contributed by atoms with Crippen molar-refractivity contribution in [1.29, 1.82) is 0 Å². The molecule has 102 valence electrons. The molecule has 1 aliphatic heterocycles. The van der Waals surface area contributed by atoms with Gasteiger partial charge >= 0.3 is 5.69 Å². The molecule has 4 heteroatoms. The standard InChI is InChI=1S/C15H21N3O/c1-3-17-8-6-12(7-9-17)18-14-10-11(2)4-5-13(14)16-15(18)19/h4-5,10,12H,3,6-9H2,1-2H3,(H,16,19). The molecule has 3 rings (SSSR count). The summed E-state index contributed by atoms with van der Waals surface area (Å²) in [6, 6.07) is 6.50. The Morgan fingerprint density at radius 3 is 2.74 bits per heavy atom. The van der Waals surface area contributed by atoms with E-state index in [0.717, 1.165) is 43.5 Å². The minimum Gasteiger partial charge on any atom is -0.306 e. The summed E-state index contributed by atoms with van der Waals surface area (Å²) < 4.78 is 1.97. The van der Waals surface area contributed by atoms with E-state index in [1.165, 1.54) is 5.56 Å². The number of likely N-dealkylation sites (tertiary alicyclic amines) is 1. The first-order valence-electron chi connectivity index (χ1n) is 7.12. The second-order valence-corrected chi connectivity index (χ2v) is 5.49. The largest absolute Gasteiger partial charge is 0.326 e. The van der Waals surface area contributed by atoms with Gasteiger partial charge in [0.25, 0.3) is 0 Å². The summed E-state index contributed by atoms with van der Waals surface area (Å²) in [6.45, 7) is 7.55. The third-order valence-corrected chi connectivity index (χ3v) is 4.24. The molecule has 19 heavy (non-hydrogen) atoms. The zero-order valence-electron chi connectivity index (χ0n) is 11.6. The monoisotopic (exact) mass is 259 g/mol. The van der Waals surface area contributed by atoms with Crippen LogP contribution in [0.1, 0.15) is 31.4 Å². The number of aryl methyl sites for hydroxylation is 1. The van der Waals surface area contributed by atoms with Crippen molar-refractivity contribution in [2.75, 3.05) is 19.6 Å². The number of rotatable bonds is 2. The van der Waals surface area contributed by atoms with Gasteiger partial charge in [0.1, 0.15) is 0 Å². The maximum Gasteiger partial charge on any atom is 0.326 e. The van der Waals surface area contributed by atoms with E-state index in [1.54, 1.807) is 0 Å². The number of hydrogen-bond donors (Lipinski definition) is 1. The summed E-state index contributed by atoms with van der Waals surface area (Å²) in [7, 11) is 0. The highest BCUT2D eigenvalue weighted by atomic mass is 16.1. The van der Waals surface area contributed by atoms with Crippen molar-refractivity contribution >= 4 is 11.0 Å². The number of benzene rings is 1. The van der Waals surface area contributed by atoms with E-state index in [-0.39, 0.29) is 5.69 Å². The second kappa shape index (κ2) is 4.85. The van der Waals surface area contributed by atoms with Crippen LogP contribution >= 0.6 is 0 Å². The molecule has 0 saturated carbocycles. The van der Waals surface area contributed by atoms with Crippen LogP contribution < -0.4 is 5.69 Å². The van der Waals surface area contributed by atoms with Gasteiger partial charge in [-0.25, -0.2) is 4.79 Å². The third kappa shape index (κ3) is 2.21. The molecule has 1 N–H and O–H groups in total. The average molecular weight is 259 g/mol. The molecular weight excluding hydrogens is 238 g/mol. The summed E-state index contributed by atoms with van der Waals surface area (Å²) >= 11 is 0. The molecule has 0 unspecified atom stereocenters. The van der Waals surface area contributed by atoms with Crippen molar-refractivity contribution < 1.29 is 0 Å². The molecule has 0 atom stereocenters. The number of H-pyrrole nitrogens is 1. The fourth-order valence-electron chi connectivity index (χ4n) is 3.09. The minimum atomic E-state index is 0.0375. The third-order valence-electron chi connectivity index (χ3n) is 4.24. The lowest BCUT2D eigenvalue weighted by Gasteiger charge is -2.31. The van der Waals surface area contributed by atoms with Crippen LogP contribution in [-0.4, -0.2) is 34.1 Å². The van der Waals surface area contributed by atoms with Gasteiger partial charge in [-0.2, -0.15) is 0 Å². The first-order valence-corrected chi connectivity index (χ1v) is 7.12. The Morgan fingerprint density at radius 1 is 1.32 bits per heavy atom. The van der Waals surface area contributed by atoms with Crippen LogP contribution in [0.15, 0.2) is 23.0 Å². The zero-order chi connectivity index (χ0) is 13.4. The maximum absolute atomic E-state index is 12.2. The molecule has 2 heterocycles. The van der Waals surface area contributed by atoms with Crippen LogP contribution in [0.3, 0.4) is 0 Å². The molecule has 0 bridgehead atoms. The quantitative estimate of drug-likeness (QED) is 0.899. The van der Waals surface area contributed by atoms with Crippen molar-refractivity contribution in [2.24, 2.45) is 0 Å². The lowest BCUT2D eigenvalue weighted by molar-refractivity contribution is 0.195. The molecule has 1 aromatic carbocycles. The van der Waals surface area contributed by atoms with Gasteiger partial charge in [-0.1, -0.05) is 13.0 Å². The number of aromatic nitrogens is 2. The smallest absolute Gasteiger partial charge is 0.306 e. The van der Waals surface area contributed by atoms with E-state index in [9.17, 15) is 4.79 Å². The van der Waals surface area contributed by atoms with Crippen LogP contribution in [0, 0.1) is 6.92 Å². The van der Waals surface area contributed by atoms with E-state index >= 15 is 0 Å². The Bertz CT molecular complexity index is 632. The summed E-state index contributed by atoms with van der Waals surface area (Å²) in [4.78, 5) is 17.6. The van der Waals surface area contributed by atoms with Crippen LogP contribution in [0.25, 0.3) is 11.0 Å². The highest BCUT2D eigenvalue weighted by Gasteiger charge is 2.22. The van der Waals surface area contributed by atoms with Crippen LogP contribution in [0.4, 0.5) is 0 Å². The fourth-order valence-corrected chi connectivity index (χ4v) is 3.09. The molecule has 2 aromatic rings. The molecule has 0 spiro atoms. The number of nitrogens with one attached hydrogen (secondary N) is 1. The minimum absolute atomic E-state index is 0.0375. The van der Waals surface area contributed by atoms with Crippen molar-refractivity contribution in [3.8, 4) is 0 Å². The average Bonchev–Trinajstić information content (AvgIpc) is 2.74. The Balaban J connectivity index is 1.98. The zero-order valence-corrected chi connectivity index (χ0v) is 11.6. The predicted octanol–water partition coefficient (Wildman–Crippen LogP) is 2.29. The molecule has 1 saturated heterocycles. The Kier molecular flexibility index (Phi) is 3.19. The molecule has 0 radical (unpaired) electrons. The van der Waals surface area contributed by atoms with Gasteiger partial charge < -0.3 is 9.88 Å². The topological polar surface area (TPSA) is 41.0 Å². The number of aromatic amines is 1. The van der Waals surface area contributed by atoms with Crippen LogP contribution in [-0.2, 0) is 0 Å². The summed E-state index contributed by atoms with van der Waals surface area (Å²) in [5.41, 5.74) is 3.25. The van der Waals surface area contributed by atoms with Gasteiger partial charge in [0.2, 0.25) is 0 Å². The number of fused-ring (bicyclic) bond motifs is 1. The van der Waals surface area contributed by atoms with Crippen LogP contribution in [0.5, 0.6) is 0 Å². The Labute approximate surface area is 113 Å². The first-order chi connectivity index (χ1) is 9.19. The summed E-state index contributed by atoms with van der Waals surface area (Å²) in [5, 5.41) is 0. The Morgan fingerprint density at radius 2 is 2.05 bits per heavy atom. The molecule has 0 aliphatic carbocycles. The summed E-state index contributed by atoms with van der Waals surface area (Å²) in [6.07, 6.45) is 2.13. The first kappa shape index (κ1) is 12.5. The maximum atomic E-state index is 12.2. The van der Waals surface area contributed by atoms with Crippen molar-refractivity contribution in [3.05, 3.63) is 34.2 Å².